The summed E-state index contributed by atoms with van der Waals surface area (Å²) in [5.41, 5.74) is 4.06. The summed E-state index contributed by atoms with van der Waals surface area (Å²) in [6.45, 7) is 9.23. The SMILES string of the molecule is CCN(CC)c1ccc(B(C)c2ccccc2)cc1. The van der Waals surface area contributed by atoms with Crippen LogP contribution in [0.25, 0.3) is 0 Å². The lowest BCUT2D eigenvalue weighted by atomic mass is 9.43. The molecule has 0 saturated carbocycles. The van der Waals surface area contributed by atoms with Gasteiger partial charge in [0.15, 0.2) is 0 Å². The number of hydrogen-bond donors (Lipinski definition) is 0. The Kier molecular flexibility index (Phi) is 4.67. The number of nitrogens with zero attached hydrogens (tertiary/aromatic N) is 1. The third-order valence-corrected chi connectivity index (χ3v) is 3.82. The van der Waals surface area contributed by atoms with E-state index in [1.54, 1.807) is 0 Å². The Hall–Kier alpha value is -1.70. The fourth-order valence-electron chi connectivity index (χ4n) is 2.50. The molecule has 0 fully saturated rings. The monoisotopic (exact) mass is 251 g/mol. The molecule has 0 aliphatic carbocycles. The second kappa shape index (κ2) is 6.47. The summed E-state index contributed by atoms with van der Waals surface area (Å²) in [7, 11) is 0. The highest BCUT2D eigenvalue weighted by atomic mass is 15.1. The highest BCUT2D eigenvalue weighted by Crippen LogP contribution is 2.11. The summed E-state index contributed by atoms with van der Waals surface area (Å²) in [5, 5.41) is 0. The number of rotatable bonds is 5. The van der Waals surface area contributed by atoms with E-state index in [1.165, 1.54) is 16.6 Å². The van der Waals surface area contributed by atoms with Gasteiger partial charge >= 0.3 is 0 Å². The van der Waals surface area contributed by atoms with E-state index in [9.17, 15) is 0 Å². The van der Waals surface area contributed by atoms with E-state index in [2.05, 4.69) is 80.2 Å². The lowest BCUT2D eigenvalue weighted by molar-refractivity contribution is 0.866. The van der Waals surface area contributed by atoms with Gasteiger partial charge in [0.1, 0.15) is 0 Å². The predicted octanol–water partition coefficient (Wildman–Crippen LogP) is 2.77. The van der Waals surface area contributed by atoms with Gasteiger partial charge in [-0.1, -0.05) is 60.2 Å². The van der Waals surface area contributed by atoms with Gasteiger partial charge < -0.3 is 4.90 Å². The van der Waals surface area contributed by atoms with Gasteiger partial charge in [-0.15, -0.1) is 0 Å². The average molecular weight is 251 g/mol. The molecule has 1 nitrogen and oxygen atoms in total. The zero-order chi connectivity index (χ0) is 13.7. The first kappa shape index (κ1) is 13.7. The quantitative estimate of drug-likeness (QED) is 0.738. The van der Waals surface area contributed by atoms with Crippen LogP contribution >= 0.6 is 0 Å². The van der Waals surface area contributed by atoms with Gasteiger partial charge in [-0.2, -0.15) is 0 Å². The molecule has 0 saturated heterocycles. The Balaban J connectivity index is 2.19. The summed E-state index contributed by atoms with van der Waals surface area (Å²) < 4.78 is 0. The fraction of sp³-hybridized carbons (Fsp3) is 0.294. The minimum atomic E-state index is 0.451. The lowest BCUT2D eigenvalue weighted by Crippen LogP contribution is -2.39. The molecule has 0 aliphatic heterocycles. The zero-order valence-electron chi connectivity index (χ0n) is 12.1. The van der Waals surface area contributed by atoms with Crippen LogP contribution in [0.4, 0.5) is 5.69 Å². The van der Waals surface area contributed by atoms with E-state index in [0.29, 0.717) is 6.71 Å². The number of benzene rings is 2. The molecule has 0 unspecified atom stereocenters. The molecule has 0 aliphatic rings. The van der Waals surface area contributed by atoms with Gasteiger partial charge in [-0.3, -0.25) is 0 Å². The lowest BCUT2D eigenvalue weighted by Gasteiger charge is -2.21. The Morgan fingerprint density at radius 1 is 0.789 bits per heavy atom. The van der Waals surface area contributed by atoms with Crippen LogP contribution < -0.4 is 15.8 Å². The average Bonchev–Trinajstić information content (AvgIpc) is 2.49. The normalized spacial score (nSPS) is 10.3. The molecular weight excluding hydrogens is 229 g/mol. The predicted molar refractivity (Wildman–Crippen MR) is 87.3 cm³/mol. The van der Waals surface area contributed by atoms with Crippen LogP contribution in [-0.2, 0) is 0 Å². The van der Waals surface area contributed by atoms with Crippen molar-refractivity contribution in [1.82, 2.24) is 0 Å². The van der Waals surface area contributed by atoms with Gasteiger partial charge in [0.05, 0.1) is 0 Å². The second-order valence-electron chi connectivity index (χ2n) is 4.90. The third-order valence-electron chi connectivity index (χ3n) is 3.82. The minimum Gasteiger partial charge on any atom is -0.372 e. The topological polar surface area (TPSA) is 3.24 Å². The molecule has 0 atom stereocenters. The molecule has 0 spiro atoms. The van der Waals surface area contributed by atoms with Gasteiger partial charge in [0.2, 0.25) is 6.71 Å². The number of hydrogen-bond acceptors (Lipinski definition) is 1. The van der Waals surface area contributed by atoms with E-state index in [-0.39, 0.29) is 0 Å². The van der Waals surface area contributed by atoms with Crippen LogP contribution in [0.2, 0.25) is 6.82 Å². The Bertz CT molecular complexity index is 488. The van der Waals surface area contributed by atoms with Crippen LogP contribution in [0.15, 0.2) is 54.6 Å². The van der Waals surface area contributed by atoms with Crippen LogP contribution in [0.3, 0.4) is 0 Å². The van der Waals surface area contributed by atoms with Crippen molar-refractivity contribution in [1.29, 1.82) is 0 Å². The first-order chi connectivity index (χ1) is 9.26. The minimum absolute atomic E-state index is 0.451. The Labute approximate surface area is 117 Å². The zero-order valence-corrected chi connectivity index (χ0v) is 12.1. The standard InChI is InChI=1S/C17H22BN/c1-4-19(5-2)17-13-11-16(12-14-17)18(3)15-9-7-6-8-10-15/h6-14H,4-5H2,1-3H3. The van der Waals surface area contributed by atoms with Crippen molar-refractivity contribution in [2.45, 2.75) is 20.7 Å². The molecule has 0 aromatic heterocycles. The van der Waals surface area contributed by atoms with E-state index in [1.807, 2.05) is 0 Å². The molecule has 2 aromatic rings. The van der Waals surface area contributed by atoms with E-state index >= 15 is 0 Å². The summed E-state index contributed by atoms with van der Waals surface area (Å²) in [4.78, 5) is 2.37. The second-order valence-corrected chi connectivity index (χ2v) is 4.90. The molecule has 2 aromatic carbocycles. The van der Waals surface area contributed by atoms with Crippen molar-refractivity contribution in [3.05, 3.63) is 54.6 Å². The molecule has 0 N–H and O–H groups in total. The van der Waals surface area contributed by atoms with Crippen LogP contribution in [-0.4, -0.2) is 19.8 Å². The molecule has 98 valence electrons. The maximum absolute atomic E-state index is 2.37. The molecule has 0 heterocycles. The summed E-state index contributed by atoms with van der Waals surface area (Å²) in [6.07, 6.45) is 0. The third kappa shape index (κ3) is 3.20. The highest BCUT2D eigenvalue weighted by molar-refractivity contribution is 6.84. The molecule has 0 bridgehead atoms. The number of anilines is 1. The maximum Gasteiger partial charge on any atom is 0.206 e. The van der Waals surface area contributed by atoms with Gasteiger partial charge in [0, 0.05) is 18.8 Å². The van der Waals surface area contributed by atoms with E-state index < -0.39 is 0 Å². The fourth-order valence-corrected chi connectivity index (χ4v) is 2.50. The molecule has 19 heavy (non-hydrogen) atoms. The highest BCUT2D eigenvalue weighted by Gasteiger charge is 2.12. The van der Waals surface area contributed by atoms with Crippen molar-refractivity contribution >= 4 is 23.3 Å². The molecule has 0 radical (unpaired) electrons. The van der Waals surface area contributed by atoms with Crippen LogP contribution in [0.5, 0.6) is 0 Å². The molecule has 2 heteroatoms. The first-order valence-electron chi connectivity index (χ1n) is 7.16. The molecule has 2 rings (SSSR count). The Morgan fingerprint density at radius 2 is 1.32 bits per heavy atom. The largest absolute Gasteiger partial charge is 0.372 e. The van der Waals surface area contributed by atoms with Crippen molar-refractivity contribution < 1.29 is 0 Å². The molecular formula is C17H22BN. The van der Waals surface area contributed by atoms with Crippen molar-refractivity contribution in [2.75, 3.05) is 18.0 Å². The van der Waals surface area contributed by atoms with Crippen molar-refractivity contribution in [3.8, 4) is 0 Å². The van der Waals surface area contributed by atoms with Gasteiger partial charge in [-0.05, 0) is 26.0 Å². The smallest absolute Gasteiger partial charge is 0.206 e. The first-order valence-corrected chi connectivity index (χ1v) is 7.16. The summed E-state index contributed by atoms with van der Waals surface area (Å²) in [6, 6.07) is 19.7. The van der Waals surface area contributed by atoms with E-state index in [0.717, 1.165) is 13.1 Å². The molecule has 0 amide bonds. The van der Waals surface area contributed by atoms with Gasteiger partial charge in [0.25, 0.3) is 0 Å². The Morgan fingerprint density at radius 3 is 1.84 bits per heavy atom. The van der Waals surface area contributed by atoms with Crippen LogP contribution in [0, 0.1) is 0 Å². The van der Waals surface area contributed by atoms with E-state index in [4.69, 9.17) is 0 Å². The van der Waals surface area contributed by atoms with Gasteiger partial charge in [-0.25, -0.2) is 0 Å². The summed E-state index contributed by atoms with van der Waals surface area (Å²) >= 11 is 0. The van der Waals surface area contributed by atoms with Crippen molar-refractivity contribution in [3.63, 3.8) is 0 Å². The summed E-state index contributed by atoms with van der Waals surface area (Å²) in [5.74, 6) is 0. The van der Waals surface area contributed by atoms with Crippen LogP contribution in [0.1, 0.15) is 13.8 Å². The maximum atomic E-state index is 2.37. The van der Waals surface area contributed by atoms with Crippen molar-refractivity contribution in [2.24, 2.45) is 0 Å².